The first-order valence-electron chi connectivity index (χ1n) is 11.7. The molecule has 2 fully saturated rings. The SMILES string of the molecule is Cc1cn(C2C[C@H](O[P+](=O)S)C(CO[P+](=O)O[C@H]3CC(n4cc(C)c(N)nc4=O)OC3CO)O2)c(=O)nc1N. The van der Waals surface area contributed by atoms with Crippen molar-refractivity contribution < 1.29 is 37.3 Å². The molecule has 0 bridgehead atoms. The lowest BCUT2D eigenvalue weighted by atomic mass is 10.2. The summed E-state index contributed by atoms with van der Waals surface area (Å²) in [4.78, 5) is 32.1. The number of thiol groups is 1. The summed E-state index contributed by atoms with van der Waals surface area (Å²) in [6.45, 7) is 2.56. The van der Waals surface area contributed by atoms with Crippen LogP contribution in [0.15, 0.2) is 22.0 Å². The largest absolute Gasteiger partial charge is 0.697 e. The normalized spacial score (nSPS) is 27.6. The highest BCUT2D eigenvalue weighted by atomic mass is 32.7. The number of aliphatic hydroxyl groups is 1. The van der Waals surface area contributed by atoms with Crippen LogP contribution in [0.2, 0.25) is 0 Å². The van der Waals surface area contributed by atoms with E-state index in [1.54, 1.807) is 13.8 Å². The van der Waals surface area contributed by atoms with E-state index >= 15 is 0 Å². The van der Waals surface area contributed by atoms with Crippen molar-refractivity contribution in [2.75, 3.05) is 24.7 Å². The van der Waals surface area contributed by atoms with Crippen LogP contribution in [0.3, 0.4) is 0 Å². The lowest BCUT2D eigenvalue weighted by Gasteiger charge is -2.15. The Morgan fingerprint density at radius 2 is 1.46 bits per heavy atom. The molecule has 19 heteroatoms. The molecule has 0 aliphatic carbocycles. The predicted octanol–water partition coefficient (Wildman–Crippen LogP) is 0.880. The number of aryl methyl sites for hydroxylation is 2. The van der Waals surface area contributed by atoms with Crippen molar-refractivity contribution in [3.05, 3.63) is 44.5 Å². The minimum absolute atomic E-state index is 0.0703. The monoisotopic (exact) mass is 606 g/mol. The van der Waals surface area contributed by atoms with Crippen LogP contribution in [0, 0.1) is 13.8 Å². The van der Waals surface area contributed by atoms with E-state index < -0.39 is 70.3 Å². The molecule has 4 rings (SSSR count). The van der Waals surface area contributed by atoms with E-state index in [1.165, 1.54) is 21.5 Å². The molecule has 2 aromatic heterocycles. The summed E-state index contributed by atoms with van der Waals surface area (Å²) in [6, 6.07) is 0. The minimum Gasteiger partial charge on any atom is -0.394 e. The molecule has 2 aliphatic rings. The van der Waals surface area contributed by atoms with Gasteiger partial charge in [0.25, 0.3) is 0 Å². The molecule has 6 unspecified atom stereocenters. The highest BCUT2D eigenvalue weighted by Crippen LogP contribution is 2.41. The van der Waals surface area contributed by atoms with E-state index in [0.29, 0.717) is 11.1 Å². The summed E-state index contributed by atoms with van der Waals surface area (Å²) < 4.78 is 54.5. The van der Waals surface area contributed by atoms with Crippen molar-refractivity contribution in [1.82, 2.24) is 19.1 Å². The van der Waals surface area contributed by atoms with Gasteiger partial charge in [-0.25, -0.2) is 9.59 Å². The number of rotatable bonds is 10. The fourth-order valence-corrected chi connectivity index (χ4v) is 5.83. The molecule has 212 valence electrons. The topological polar surface area (TPSA) is 222 Å². The molecule has 0 radical (unpaired) electrons. The third-order valence-electron chi connectivity index (χ3n) is 6.30. The first kappa shape index (κ1) is 29.6. The van der Waals surface area contributed by atoms with E-state index in [4.69, 9.17) is 34.5 Å². The van der Waals surface area contributed by atoms with Gasteiger partial charge < -0.3 is 26.0 Å². The molecule has 2 saturated heterocycles. The van der Waals surface area contributed by atoms with Crippen LogP contribution < -0.4 is 22.8 Å². The molecule has 2 aromatic rings. The Morgan fingerprint density at radius 1 is 0.974 bits per heavy atom. The molecular formula is C20H28N6O10P2S+2. The average molecular weight is 606 g/mol. The summed E-state index contributed by atoms with van der Waals surface area (Å²) in [5.74, 6) is 0.174. The zero-order valence-electron chi connectivity index (χ0n) is 20.9. The van der Waals surface area contributed by atoms with E-state index in [9.17, 15) is 23.8 Å². The fourth-order valence-electron chi connectivity index (χ4n) is 4.24. The first-order chi connectivity index (χ1) is 18.5. The Morgan fingerprint density at radius 3 is 1.95 bits per heavy atom. The van der Waals surface area contributed by atoms with Crippen LogP contribution in [0.1, 0.15) is 36.4 Å². The standard InChI is InChI=1S/C20H26N6O10P2S/c1-9-5-25(19(28)23-17(9)21)15-3-11(13(7-27)33-15)35-37(30)32-8-14-12(36-38(31)39)4-16(34-14)26-6-10(2)18(22)24-20(26)29/h5-6,11-16,27H,3-4,7-8H2,1-2H3,(H3-2,21,22,23,24,28,29,31,39)/p+2/t11-,12-,13?,14?,15?,16?/m0/s1. The van der Waals surface area contributed by atoms with E-state index in [1.807, 2.05) is 0 Å². The Balaban J connectivity index is 1.39. The number of nitrogens with two attached hydrogens (primary N) is 2. The Hall–Kier alpha value is -2.33. The van der Waals surface area contributed by atoms with Gasteiger partial charge in [0.1, 0.15) is 67.4 Å². The Bertz CT molecular complexity index is 1380. The van der Waals surface area contributed by atoms with Crippen molar-refractivity contribution >= 4 is 39.4 Å². The smallest absolute Gasteiger partial charge is 0.394 e. The number of nitrogen functional groups attached to an aromatic ring is 2. The molecule has 5 N–H and O–H groups in total. The number of nitrogens with zero attached hydrogens (tertiary/aromatic N) is 4. The minimum atomic E-state index is -2.76. The van der Waals surface area contributed by atoms with Crippen molar-refractivity contribution in [3.8, 4) is 0 Å². The van der Waals surface area contributed by atoms with Crippen molar-refractivity contribution in [3.63, 3.8) is 0 Å². The van der Waals surface area contributed by atoms with Gasteiger partial charge >= 0.3 is 26.9 Å². The number of anilines is 2. The molecule has 2 aliphatic heterocycles. The van der Waals surface area contributed by atoms with Gasteiger partial charge in [-0.3, -0.25) is 9.13 Å². The van der Waals surface area contributed by atoms with Crippen LogP contribution in [0.5, 0.6) is 0 Å². The summed E-state index contributed by atoms with van der Waals surface area (Å²) in [6.07, 6.45) is -2.04. The molecule has 4 heterocycles. The quantitative estimate of drug-likeness (QED) is 0.218. The average Bonchev–Trinajstić information content (AvgIpc) is 3.45. The van der Waals surface area contributed by atoms with Gasteiger partial charge in [-0.15, -0.1) is 13.6 Å². The molecule has 0 spiro atoms. The van der Waals surface area contributed by atoms with Crippen LogP contribution >= 0.6 is 27.7 Å². The van der Waals surface area contributed by atoms with Gasteiger partial charge in [-0.1, -0.05) is 0 Å². The third-order valence-corrected chi connectivity index (χ3v) is 7.84. The molecule has 8 atom stereocenters. The number of aliphatic hydroxyl groups excluding tert-OH is 1. The second-order valence-corrected chi connectivity index (χ2v) is 11.5. The maximum absolute atomic E-state index is 12.7. The summed E-state index contributed by atoms with van der Waals surface area (Å²) in [5, 5.41) is 9.72. The van der Waals surface area contributed by atoms with E-state index in [2.05, 4.69) is 22.2 Å². The molecule has 0 amide bonds. The van der Waals surface area contributed by atoms with Gasteiger partial charge in [0, 0.05) is 40.9 Å². The number of hydrogen-bond donors (Lipinski definition) is 4. The van der Waals surface area contributed by atoms with Crippen LogP contribution in [-0.4, -0.2) is 61.8 Å². The predicted molar refractivity (Wildman–Crippen MR) is 139 cm³/mol. The maximum atomic E-state index is 12.7. The lowest BCUT2D eigenvalue weighted by Crippen LogP contribution is -2.29. The molecule has 39 heavy (non-hydrogen) atoms. The van der Waals surface area contributed by atoms with Crippen LogP contribution in [-0.2, 0) is 32.2 Å². The van der Waals surface area contributed by atoms with Crippen molar-refractivity contribution in [2.24, 2.45) is 0 Å². The number of aromatic nitrogens is 4. The van der Waals surface area contributed by atoms with Crippen molar-refractivity contribution in [2.45, 2.75) is 63.6 Å². The van der Waals surface area contributed by atoms with Crippen LogP contribution in [0.25, 0.3) is 0 Å². The van der Waals surface area contributed by atoms with Gasteiger partial charge in [0.15, 0.2) is 0 Å². The molecule has 0 saturated carbocycles. The van der Waals surface area contributed by atoms with Gasteiger partial charge in [-0.05, 0) is 18.4 Å². The Labute approximate surface area is 228 Å². The third kappa shape index (κ3) is 6.88. The molecule has 16 nitrogen and oxygen atoms in total. The number of ether oxygens (including phenoxy) is 2. The maximum Gasteiger partial charge on any atom is 0.697 e. The lowest BCUT2D eigenvalue weighted by molar-refractivity contribution is -0.0483. The second kappa shape index (κ2) is 12.5. The highest BCUT2D eigenvalue weighted by Gasteiger charge is 2.46. The van der Waals surface area contributed by atoms with Gasteiger partial charge in [-0.2, -0.15) is 9.97 Å². The zero-order chi connectivity index (χ0) is 28.4. The van der Waals surface area contributed by atoms with E-state index in [-0.39, 0.29) is 31.1 Å². The second-order valence-electron chi connectivity index (χ2n) is 8.96. The number of hydrogen-bond acceptors (Lipinski definition) is 14. The fraction of sp³-hybridized carbons (Fsp3) is 0.600. The summed E-state index contributed by atoms with van der Waals surface area (Å²) >= 11 is 3.78. The Kier molecular flexibility index (Phi) is 9.47. The molecular weight excluding hydrogens is 578 g/mol. The van der Waals surface area contributed by atoms with E-state index in [0.717, 1.165) is 0 Å². The molecule has 0 aromatic carbocycles. The summed E-state index contributed by atoms with van der Waals surface area (Å²) in [7, 11) is -5.09. The van der Waals surface area contributed by atoms with Crippen LogP contribution in [0.4, 0.5) is 11.6 Å². The van der Waals surface area contributed by atoms with Crippen molar-refractivity contribution in [1.29, 1.82) is 0 Å². The summed E-state index contributed by atoms with van der Waals surface area (Å²) in [5.41, 5.74) is 11.2. The first-order valence-corrected chi connectivity index (χ1v) is 15.1. The van der Waals surface area contributed by atoms with Gasteiger partial charge in [0.2, 0.25) is 0 Å². The van der Waals surface area contributed by atoms with Gasteiger partial charge in [0.05, 0.1) is 6.61 Å². The highest BCUT2D eigenvalue weighted by molar-refractivity contribution is 8.39. The zero-order valence-corrected chi connectivity index (χ0v) is 23.5.